The third-order valence-corrected chi connectivity index (χ3v) is 7.59. The Bertz CT molecular complexity index is 1370. The Kier molecular flexibility index (Phi) is 5.03. The number of aromatic nitrogens is 3. The molecule has 3 atom stereocenters. The van der Waals surface area contributed by atoms with Crippen molar-refractivity contribution in [3.8, 4) is 5.75 Å². The molecule has 3 aromatic heterocycles. The Morgan fingerprint density at radius 2 is 2.20 bits per heavy atom. The molecule has 2 unspecified atom stereocenters. The Balaban J connectivity index is 1.37. The number of carbonyl (C=O) groups is 1. The van der Waals surface area contributed by atoms with Gasteiger partial charge in [-0.15, -0.1) is 0 Å². The van der Waals surface area contributed by atoms with Gasteiger partial charge in [0.1, 0.15) is 29.9 Å². The number of hydrogen-bond acceptors (Lipinski definition) is 5. The van der Waals surface area contributed by atoms with E-state index in [1.807, 2.05) is 6.20 Å². The molecule has 3 fully saturated rings. The molecule has 9 heteroatoms. The molecular weight excluding hydrogens is 451 g/mol. The fourth-order valence-electron chi connectivity index (χ4n) is 5.47. The summed E-state index contributed by atoms with van der Waals surface area (Å²) in [5.41, 5.74) is 1.48. The highest BCUT2D eigenvalue weighted by Crippen LogP contribution is 2.53. The number of nitrogens with one attached hydrogen (secondary N) is 1. The van der Waals surface area contributed by atoms with Gasteiger partial charge in [-0.25, -0.2) is 9.37 Å². The van der Waals surface area contributed by atoms with E-state index in [0.29, 0.717) is 12.3 Å². The number of halogens is 1. The molecule has 3 aliphatic rings. The zero-order valence-electron chi connectivity index (χ0n) is 19.9. The summed E-state index contributed by atoms with van der Waals surface area (Å²) in [6.07, 6.45) is 9.43. The predicted octanol–water partition coefficient (Wildman–Crippen LogP) is 4.03. The molecule has 184 valence electrons. The standard InChI is InChI=1S/C26H29FN4O4/c1-16(11-27)35-20-10-22-29-21(26-8-7-25(2,14-26)34-15-26)13-30(22)12-18(20)23(32)28-19-4-3-9-31(24(19)33)17-5-6-17/h3-4,9-10,12-13,16-17H,5-8,11,14-15H2,1-2H3,(H,28,32)/t16-,25?,26?/m0/s1. The van der Waals surface area contributed by atoms with Crippen LogP contribution in [-0.2, 0) is 10.2 Å². The molecule has 0 aromatic carbocycles. The lowest BCUT2D eigenvalue weighted by molar-refractivity contribution is -0.00627. The molecule has 1 amide bonds. The number of rotatable bonds is 7. The Labute approximate surface area is 202 Å². The highest BCUT2D eigenvalue weighted by Gasteiger charge is 2.55. The van der Waals surface area contributed by atoms with Gasteiger partial charge in [-0.2, -0.15) is 0 Å². The first-order valence-corrected chi connectivity index (χ1v) is 12.2. The molecule has 2 saturated carbocycles. The van der Waals surface area contributed by atoms with Crippen molar-refractivity contribution in [1.29, 1.82) is 0 Å². The van der Waals surface area contributed by atoms with Gasteiger partial charge in [0.15, 0.2) is 0 Å². The van der Waals surface area contributed by atoms with Crippen molar-refractivity contribution >= 4 is 17.2 Å². The molecule has 0 spiro atoms. The van der Waals surface area contributed by atoms with Crippen LogP contribution in [0.5, 0.6) is 5.75 Å². The van der Waals surface area contributed by atoms with E-state index in [0.717, 1.165) is 37.8 Å². The van der Waals surface area contributed by atoms with Gasteiger partial charge >= 0.3 is 0 Å². The van der Waals surface area contributed by atoms with Crippen LogP contribution in [0.25, 0.3) is 5.65 Å². The molecule has 2 aliphatic carbocycles. The zero-order chi connectivity index (χ0) is 24.4. The second-order valence-electron chi connectivity index (χ2n) is 10.5. The smallest absolute Gasteiger partial charge is 0.274 e. The molecule has 2 bridgehead atoms. The van der Waals surface area contributed by atoms with Gasteiger partial charge in [0.05, 0.1) is 23.5 Å². The Morgan fingerprint density at radius 3 is 2.86 bits per heavy atom. The van der Waals surface area contributed by atoms with Gasteiger partial charge in [-0.3, -0.25) is 9.59 Å². The van der Waals surface area contributed by atoms with Crippen molar-refractivity contribution in [1.82, 2.24) is 14.0 Å². The first-order valence-electron chi connectivity index (χ1n) is 12.2. The minimum Gasteiger partial charge on any atom is -0.487 e. The van der Waals surface area contributed by atoms with Gasteiger partial charge in [0.25, 0.3) is 11.5 Å². The number of ether oxygens (including phenoxy) is 2. The molecule has 6 rings (SSSR count). The number of imidazole rings is 1. The van der Waals surface area contributed by atoms with Crippen LogP contribution in [0.1, 0.15) is 68.0 Å². The second kappa shape index (κ2) is 7.91. The summed E-state index contributed by atoms with van der Waals surface area (Å²) < 4.78 is 28.6. The first kappa shape index (κ1) is 22.3. The van der Waals surface area contributed by atoms with E-state index in [-0.39, 0.29) is 39.6 Å². The van der Waals surface area contributed by atoms with Crippen LogP contribution in [0.3, 0.4) is 0 Å². The van der Waals surface area contributed by atoms with E-state index in [9.17, 15) is 14.0 Å². The van der Waals surface area contributed by atoms with Gasteiger partial charge in [-0.05, 0) is 58.1 Å². The lowest BCUT2D eigenvalue weighted by Crippen LogP contribution is -2.26. The van der Waals surface area contributed by atoms with Crippen LogP contribution in [0.4, 0.5) is 10.1 Å². The topological polar surface area (TPSA) is 86.9 Å². The fraction of sp³-hybridized carbons (Fsp3) is 0.500. The number of carbonyl (C=O) groups excluding carboxylic acids is 1. The van der Waals surface area contributed by atoms with Crippen molar-refractivity contribution in [3.63, 3.8) is 0 Å². The molecule has 0 radical (unpaired) electrons. The van der Waals surface area contributed by atoms with Crippen LogP contribution in [-0.4, -0.2) is 44.8 Å². The predicted molar refractivity (Wildman–Crippen MR) is 128 cm³/mol. The molecule has 1 aliphatic heterocycles. The SMILES string of the molecule is C[C@@H](CF)Oc1cc2nc(C34CCC(C)(C3)OC4)cn2cc1C(=O)Nc1cccn(C2CC2)c1=O. The molecule has 1 saturated heterocycles. The summed E-state index contributed by atoms with van der Waals surface area (Å²) in [5, 5.41) is 2.74. The number of amides is 1. The van der Waals surface area contributed by atoms with Gasteiger partial charge < -0.3 is 23.8 Å². The van der Waals surface area contributed by atoms with Crippen LogP contribution in [0.15, 0.2) is 41.6 Å². The van der Waals surface area contributed by atoms with Crippen LogP contribution >= 0.6 is 0 Å². The normalized spacial score (nSPS) is 26.3. The highest BCUT2D eigenvalue weighted by molar-refractivity contribution is 6.06. The lowest BCUT2D eigenvalue weighted by Gasteiger charge is -2.24. The Morgan fingerprint density at radius 1 is 1.37 bits per heavy atom. The van der Waals surface area contributed by atoms with Crippen LogP contribution in [0.2, 0.25) is 0 Å². The minimum absolute atomic E-state index is 0.102. The van der Waals surface area contributed by atoms with E-state index < -0.39 is 18.7 Å². The summed E-state index contributed by atoms with van der Waals surface area (Å²) in [5.74, 6) is -0.267. The van der Waals surface area contributed by atoms with Crippen LogP contribution < -0.4 is 15.6 Å². The van der Waals surface area contributed by atoms with Gasteiger partial charge in [-0.1, -0.05) is 0 Å². The first-order chi connectivity index (χ1) is 16.8. The number of alkyl halides is 1. The third kappa shape index (κ3) is 3.82. The molecule has 8 nitrogen and oxygen atoms in total. The quantitative estimate of drug-likeness (QED) is 0.552. The van der Waals surface area contributed by atoms with E-state index in [2.05, 4.69) is 12.2 Å². The van der Waals surface area contributed by atoms with Crippen LogP contribution in [0, 0.1) is 0 Å². The van der Waals surface area contributed by atoms with Crippen molar-refractivity contribution < 1.29 is 18.7 Å². The maximum atomic E-state index is 13.3. The summed E-state index contributed by atoms with van der Waals surface area (Å²) in [4.78, 5) is 31.0. The van der Waals surface area contributed by atoms with Gasteiger partial charge in [0, 0.05) is 36.1 Å². The maximum Gasteiger partial charge on any atom is 0.274 e. The average molecular weight is 481 g/mol. The van der Waals surface area contributed by atoms with E-state index in [1.54, 1.807) is 46.5 Å². The van der Waals surface area contributed by atoms with E-state index in [1.165, 1.54) is 0 Å². The third-order valence-electron chi connectivity index (χ3n) is 7.59. The molecule has 1 N–H and O–H groups in total. The number of anilines is 1. The average Bonchev–Trinajstić information content (AvgIpc) is 3.37. The monoisotopic (exact) mass is 480 g/mol. The largest absolute Gasteiger partial charge is 0.487 e. The zero-order valence-corrected chi connectivity index (χ0v) is 19.9. The molecular formula is C26H29FN4O4. The van der Waals surface area contributed by atoms with Gasteiger partial charge in [0.2, 0.25) is 0 Å². The summed E-state index contributed by atoms with van der Waals surface area (Å²) in [6.45, 7) is 3.67. The molecule has 4 heterocycles. The molecule has 35 heavy (non-hydrogen) atoms. The number of pyridine rings is 2. The molecule has 3 aromatic rings. The van der Waals surface area contributed by atoms with Crippen molar-refractivity contribution in [3.05, 3.63) is 58.4 Å². The maximum absolute atomic E-state index is 13.3. The number of nitrogens with zero attached hydrogens (tertiary/aromatic N) is 3. The van der Waals surface area contributed by atoms with Crippen molar-refractivity contribution in [2.75, 3.05) is 18.6 Å². The number of fused-ring (bicyclic) bond motifs is 3. The van der Waals surface area contributed by atoms with Crippen molar-refractivity contribution in [2.24, 2.45) is 0 Å². The minimum atomic E-state index is -0.736. The van der Waals surface area contributed by atoms with E-state index in [4.69, 9.17) is 14.5 Å². The summed E-state index contributed by atoms with van der Waals surface area (Å²) in [6, 6.07) is 5.20. The summed E-state index contributed by atoms with van der Waals surface area (Å²) in [7, 11) is 0. The lowest BCUT2D eigenvalue weighted by atomic mass is 9.84. The second-order valence-corrected chi connectivity index (χ2v) is 10.5. The summed E-state index contributed by atoms with van der Waals surface area (Å²) >= 11 is 0. The fourth-order valence-corrected chi connectivity index (χ4v) is 5.47. The van der Waals surface area contributed by atoms with Crippen molar-refractivity contribution in [2.45, 2.75) is 69.1 Å². The Hall–Kier alpha value is -3.20. The number of hydrogen-bond donors (Lipinski definition) is 1. The highest BCUT2D eigenvalue weighted by atomic mass is 19.1. The van der Waals surface area contributed by atoms with E-state index >= 15 is 0 Å².